The Hall–Kier alpha value is -3.50. The quantitative estimate of drug-likeness (QED) is 0.313. The van der Waals surface area contributed by atoms with E-state index in [-0.39, 0.29) is 39.7 Å². The number of aliphatic hydroxyl groups excluding tert-OH is 2. The van der Waals surface area contributed by atoms with Gasteiger partial charge in [-0.15, -0.1) is 0 Å². The van der Waals surface area contributed by atoms with E-state index >= 15 is 0 Å². The fourth-order valence-electron chi connectivity index (χ4n) is 5.88. The molecule has 0 radical (unpaired) electrons. The van der Waals surface area contributed by atoms with Gasteiger partial charge in [-0.05, 0) is 73.4 Å². The fourth-order valence-corrected chi connectivity index (χ4v) is 11.9. The van der Waals surface area contributed by atoms with Gasteiger partial charge in [0.05, 0.1) is 25.2 Å². The number of esters is 1. The number of rotatable bonds is 1. The number of benzene rings is 2. The molecule has 0 unspecified atom stereocenters. The zero-order chi connectivity index (χ0) is 29.6. The minimum Gasteiger partial charge on any atom is -0.504 e. The van der Waals surface area contributed by atoms with Crippen molar-refractivity contribution in [1.29, 1.82) is 0 Å². The summed E-state index contributed by atoms with van der Waals surface area (Å²) in [6, 6.07) is 7.25. The molecule has 6 aliphatic heterocycles. The topological polar surface area (TPSA) is 155 Å². The van der Waals surface area contributed by atoms with Crippen molar-refractivity contribution < 1.29 is 48.7 Å². The van der Waals surface area contributed by atoms with Crippen LogP contribution < -0.4 is 9.47 Å². The Morgan fingerprint density at radius 3 is 2.55 bits per heavy atom. The molecule has 0 aliphatic carbocycles. The third-order valence-corrected chi connectivity index (χ3v) is 13.1. The van der Waals surface area contributed by atoms with Gasteiger partial charge in [-0.1, -0.05) is 6.07 Å². The molecule has 2 amide bonds. The number of amides is 2. The number of phenols is 1. The number of aromatic hydroxyl groups is 1. The largest absolute Gasteiger partial charge is 0.504 e. The molecule has 2 aromatic carbocycles. The summed E-state index contributed by atoms with van der Waals surface area (Å²) < 4.78 is 22.7. The normalized spacial score (nSPS) is 33.0. The first-order chi connectivity index (χ1) is 20.1. The number of ether oxygens (including phenoxy) is 4. The lowest BCUT2D eigenvalue weighted by Gasteiger charge is -2.52. The Morgan fingerprint density at radius 2 is 1.76 bits per heavy atom. The van der Waals surface area contributed by atoms with Crippen LogP contribution in [0.3, 0.4) is 0 Å². The number of carbonyl (C=O) groups is 3. The maximum absolute atomic E-state index is 14.7. The molecule has 3 N–H and O–H groups in total. The lowest BCUT2D eigenvalue weighted by molar-refractivity contribution is -0.174. The van der Waals surface area contributed by atoms with Crippen molar-refractivity contribution in [2.24, 2.45) is 0 Å². The summed E-state index contributed by atoms with van der Waals surface area (Å²) in [6.45, 7) is 0. The maximum atomic E-state index is 14.7. The number of hydrogen-bond donors (Lipinski definition) is 3. The van der Waals surface area contributed by atoms with Crippen LogP contribution in [-0.4, -0.2) is 85.1 Å². The SMILES string of the molecule is COc1ccc2cc1Oc1cc(ccc1O)[C@H](O)[C@]13SSS[C@@]4(C(=O)N1C)[C@H](O)C1=COC=C[C@H](OC2=O)[C@H]1N4C3=O. The van der Waals surface area contributed by atoms with Crippen molar-refractivity contribution in [3.8, 4) is 23.0 Å². The Balaban J connectivity index is 1.50. The van der Waals surface area contributed by atoms with Gasteiger partial charge in [-0.2, -0.15) is 0 Å². The number of hydrogen-bond acceptors (Lipinski definition) is 13. The molecule has 0 aromatic heterocycles. The molecule has 7 bridgehead atoms. The second kappa shape index (κ2) is 9.50. The molecule has 6 heterocycles. The van der Waals surface area contributed by atoms with Crippen LogP contribution >= 0.6 is 31.4 Å². The number of aliphatic hydroxyl groups is 2. The van der Waals surface area contributed by atoms with Crippen LogP contribution in [0, 0.1) is 0 Å². The van der Waals surface area contributed by atoms with Crippen LogP contribution in [0.25, 0.3) is 0 Å². The molecule has 42 heavy (non-hydrogen) atoms. The first-order valence-electron chi connectivity index (χ1n) is 12.6. The third-order valence-electron chi connectivity index (χ3n) is 8.02. The van der Waals surface area contributed by atoms with Crippen LogP contribution in [0.4, 0.5) is 0 Å². The first-order valence-corrected chi connectivity index (χ1v) is 16.1. The maximum Gasteiger partial charge on any atom is 0.338 e. The fraction of sp³-hybridized carbons (Fsp3) is 0.296. The summed E-state index contributed by atoms with van der Waals surface area (Å²) in [7, 11) is 5.84. The Labute approximate surface area is 250 Å². The van der Waals surface area contributed by atoms with Crippen LogP contribution in [0.2, 0.25) is 0 Å². The van der Waals surface area contributed by atoms with Crippen molar-refractivity contribution in [2.75, 3.05) is 14.2 Å². The number of methoxy groups -OCH3 is 1. The third kappa shape index (κ3) is 3.45. The number of likely N-dealkylation sites (N-methyl/N-ethyl adjacent to an activating group) is 1. The number of carbonyl (C=O) groups excluding carboxylic acids is 3. The predicted molar refractivity (Wildman–Crippen MR) is 151 cm³/mol. The second-order valence-electron chi connectivity index (χ2n) is 10.1. The molecule has 12 nitrogen and oxygen atoms in total. The molecule has 2 spiro atoms. The van der Waals surface area contributed by atoms with Gasteiger partial charge in [-0.3, -0.25) is 9.59 Å². The molecular formula is C27H22N2O10S3. The highest BCUT2D eigenvalue weighted by molar-refractivity contribution is 9.10. The van der Waals surface area contributed by atoms with Gasteiger partial charge >= 0.3 is 5.97 Å². The van der Waals surface area contributed by atoms with Crippen LogP contribution in [0.5, 0.6) is 23.0 Å². The van der Waals surface area contributed by atoms with E-state index in [0.29, 0.717) is 0 Å². The van der Waals surface area contributed by atoms with E-state index in [9.17, 15) is 29.7 Å². The standard InChI is InChI=1S/C27H22N2O10S3/c1-28-24(34)27-22(32)14-11-37-8-7-17-20(14)29(27)25(35)26(28,40-42-41-27)21(31)12-3-5-15(30)18(9-12)38-19-10-13(23(33)39-17)4-6-16(19)36-2/h3-11,17,20-22,30-32H,1-2H3/t17-,20-,21-,22+,26+,27+/m0/s1. The molecule has 218 valence electrons. The summed E-state index contributed by atoms with van der Waals surface area (Å²) >= 11 is 0. The Kier molecular flexibility index (Phi) is 6.19. The average Bonchev–Trinajstić information content (AvgIpc) is 3.15. The number of phenolic OH excluding ortho intramolecular Hbond substituents is 1. The molecule has 15 heteroatoms. The van der Waals surface area contributed by atoms with E-state index in [2.05, 4.69) is 0 Å². The second-order valence-corrected chi connectivity index (χ2v) is 14.4. The molecule has 2 aromatic rings. The molecular weight excluding hydrogens is 609 g/mol. The van der Waals surface area contributed by atoms with E-state index in [1.54, 1.807) is 0 Å². The average molecular weight is 631 g/mol. The van der Waals surface area contributed by atoms with E-state index in [0.717, 1.165) is 36.3 Å². The van der Waals surface area contributed by atoms with Gasteiger partial charge in [-0.25, -0.2) is 4.79 Å². The molecule has 4 fully saturated rings. The monoisotopic (exact) mass is 630 g/mol. The zero-order valence-corrected chi connectivity index (χ0v) is 24.3. The zero-order valence-electron chi connectivity index (χ0n) is 21.8. The number of piperazine rings is 1. The van der Waals surface area contributed by atoms with E-state index in [4.69, 9.17) is 18.9 Å². The van der Waals surface area contributed by atoms with E-state index in [1.807, 2.05) is 0 Å². The van der Waals surface area contributed by atoms with Crippen molar-refractivity contribution >= 4 is 49.2 Å². The highest BCUT2D eigenvalue weighted by atomic mass is 33.5. The van der Waals surface area contributed by atoms with E-state index in [1.165, 1.54) is 74.1 Å². The van der Waals surface area contributed by atoms with Crippen LogP contribution in [-0.2, 0) is 19.1 Å². The van der Waals surface area contributed by atoms with Gasteiger partial charge in [0.15, 0.2) is 23.0 Å². The van der Waals surface area contributed by atoms with Crippen molar-refractivity contribution in [2.45, 2.75) is 34.1 Å². The highest BCUT2D eigenvalue weighted by Gasteiger charge is 2.76. The van der Waals surface area contributed by atoms with Crippen LogP contribution in [0.1, 0.15) is 22.0 Å². The first kappa shape index (κ1) is 27.3. The lowest BCUT2D eigenvalue weighted by atomic mass is 9.93. The van der Waals surface area contributed by atoms with Crippen molar-refractivity contribution in [3.63, 3.8) is 0 Å². The smallest absolute Gasteiger partial charge is 0.338 e. The molecule has 8 rings (SSSR count). The number of nitrogens with zero attached hydrogens (tertiary/aromatic N) is 2. The Morgan fingerprint density at radius 1 is 0.976 bits per heavy atom. The molecule has 6 atom stereocenters. The lowest BCUT2D eigenvalue weighted by Crippen LogP contribution is -2.75. The van der Waals surface area contributed by atoms with Crippen molar-refractivity contribution in [1.82, 2.24) is 9.80 Å². The van der Waals surface area contributed by atoms with Crippen molar-refractivity contribution in [3.05, 3.63) is 71.7 Å². The van der Waals surface area contributed by atoms with Gasteiger partial charge in [0.2, 0.25) is 9.74 Å². The van der Waals surface area contributed by atoms with Gasteiger partial charge in [0, 0.05) is 12.6 Å². The predicted octanol–water partition coefficient (Wildman–Crippen LogP) is 2.67. The highest BCUT2D eigenvalue weighted by Crippen LogP contribution is 2.67. The van der Waals surface area contributed by atoms with E-state index < -0.39 is 51.9 Å². The van der Waals surface area contributed by atoms with Gasteiger partial charge in [0.1, 0.15) is 24.4 Å². The van der Waals surface area contributed by atoms with Gasteiger partial charge < -0.3 is 44.1 Å². The summed E-state index contributed by atoms with van der Waals surface area (Å²) in [4.78, 5) is 41.1. The summed E-state index contributed by atoms with van der Waals surface area (Å²) in [6.07, 6.45) is -0.395. The molecule has 4 saturated heterocycles. The minimum absolute atomic E-state index is 0.0604. The molecule has 0 saturated carbocycles. The van der Waals surface area contributed by atoms with Gasteiger partial charge in [0.25, 0.3) is 11.8 Å². The number of fused-ring (bicyclic) bond motifs is 7. The summed E-state index contributed by atoms with van der Waals surface area (Å²) in [5.41, 5.74) is 0.384. The summed E-state index contributed by atoms with van der Waals surface area (Å²) in [5.74, 6) is -2.18. The Bertz CT molecular complexity index is 1620. The summed E-state index contributed by atoms with van der Waals surface area (Å²) in [5, 5.41) is 34.3. The van der Waals surface area contributed by atoms with Crippen LogP contribution in [0.15, 0.2) is 60.6 Å². The minimum atomic E-state index is -1.92. The molecule has 6 aliphatic rings.